The fourth-order valence-corrected chi connectivity index (χ4v) is 1.52. The van der Waals surface area contributed by atoms with Crippen molar-refractivity contribution in [2.24, 2.45) is 5.92 Å². The summed E-state index contributed by atoms with van der Waals surface area (Å²) in [6.07, 6.45) is 2.84. The van der Waals surface area contributed by atoms with Gasteiger partial charge in [0.2, 0.25) is 0 Å². The second-order valence-corrected chi connectivity index (χ2v) is 4.54. The maximum atomic E-state index is 8.92. The molecule has 0 radical (unpaired) electrons. The minimum absolute atomic E-state index is 0.541. The molecule has 0 aromatic carbocycles. The van der Waals surface area contributed by atoms with Gasteiger partial charge in [-0.25, -0.2) is 4.98 Å². The number of aromatic nitrogens is 1. The Morgan fingerprint density at radius 2 is 2.25 bits per heavy atom. The highest BCUT2D eigenvalue weighted by molar-refractivity contribution is 5.30. The predicted octanol–water partition coefficient (Wildman–Crippen LogP) is 2.43. The van der Waals surface area contributed by atoms with Crippen molar-refractivity contribution < 1.29 is 0 Å². The summed E-state index contributed by atoms with van der Waals surface area (Å²) in [6, 6.07) is 5.98. The third-order valence-electron chi connectivity index (χ3n) is 2.53. The van der Waals surface area contributed by atoms with Crippen molar-refractivity contribution >= 4 is 0 Å². The standard InChI is InChI=1S/C13H19N3/c1-11(2)6-8-16(3)10-12-5-4-7-15-13(12)9-14/h4-5,7,11H,6,8,10H2,1-3H3. The number of nitrogens with zero attached hydrogens (tertiary/aromatic N) is 3. The molecule has 1 rings (SSSR count). The Hall–Kier alpha value is -1.40. The normalized spacial score (nSPS) is 10.8. The average Bonchev–Trinajstić information content (AvgIpc) is 2.27. The van der Waals surface area contributed by atoms with Gasteiger partial charge in [0.15, 0.2) is 0 Å². The van der Waals surface area contributed by atoms with Crippen LogP contribution in [0, 0.1) is 17.2 Å². The molecule has 0 amide bonds. The Kier molecular flexibility index (Phi) is 4.94. The van der Waals surface area contributed by atoms with Gasteiger partial charge in [0.05, 0.1) is 0 Å². The zero-order valence-corrected chi connectivity index (χ0v) is 10.3. The lowest BCUT2D eigenvalue weighted by Gasteiger charge is -2.18. The molecule has 0 saturated heterocycles. The van der Waals surface area contributed by atoms with E-state index in [1.807, 2.05) is 12.1 Å². The second kappa shape index (κ2) is 6.24. The average molecular weight is 217 g/mol. The first kappa shape index (κ1) is 12.7. The van der Waals surface area contributed by atoms with Crippen LogP contribution >= 0.6 is 0 Å². The van der Waals surface area contributed by atoms with E-state index in [2.05, 4.69) is 36.8 Å². The fraction of sp³-hybridized carbons (Fsp3) is 0.538. The lowest BCUT2D eigenvalue weighted by Crippen LogP contribution is -2.21. The van der Waals surface area contributed by atoms with Gasteiger partial charge in [-0.05, 0) is 32.0 Å². The van der Waals surface area contributed by atoms with E-state index in [4.69, 9.17) is 5.26 Å². The van der Waals surface area contributed by atoms with Crippen molar-refractivity contribution in [2.45, 2.75) is 26.8 Å². The van der Waals surface area contributed by atoms with Gasteiger partial charge in [0, 0.05) is 18.3 Å². The van der Waals surface area contributed by atoms with Gasteiger partial charge in [0.1, 0.15) is 11.8 Å². The molecule has 0 fully saturated rings. The van der Waals surface area contributed by atoms with Crippen LogP contribution in [-0.4, -0.2) is 23.5 Å². The van der Waals surface area contributed by atoms with Crippen LogP contribution in [0.5, 0.6) is 0 Å². The Morgan fingerprint density at radius 1 is 1.50 bits per heavy atom. The Bertz CT molecular complexity index is 366. The Morgan fingerprint density at radius 3 is 2.88 bits per heavy atom. The lowest BCUT2D eigenvalue weighted by atomic mass is 10.1. The summed E-state index contributed by atoms with van der Waals surface area (Å²) in [5.74, 6) is 0.715. The van der Waals surface area contributed by atoms with E-state index < -0.39 is 0 Å². The largest absolute Gasteiger partial charge is 0.302 e. The Labute approximate surface area is 97.7 Å². The molecule has 3 heteroatoms. The molecular formula is C13H19N3. The van der Waals surface area contributed by atoms with Gasteiger partial charge in [-0.2, -0.15) is 5.26 Å². The number of rotatable bonds is 5. The number of nitriles is 1. The van der Waals surface area contributed by atoms with Crippen LogP contribution in [0.25, 0.3) is 0 Å². The number of hydrogen-bond donors (Lipinski definition) is 0. The minimum atomic E-state index is 0.541. The van der Waals surface area contributed by atoms with Gasteiger partial charge < -0.3 is 4.90 Å². The summed E-state index contributed by atoms with van der Waals surface area (Å²) in [5.41, 5.74) is 1.55. The van der Waals surface area contributed by atoms with Crippen LogP contribution < -0.4 is 0 Å². The molecule has 1 aromatic rings. The summed E-state index contributed by atoms with van der Waals surface area (Å²) in [5, 5.41) is 8.92. The van der Waals surface area contributed by atoms with Crippen LogP contribution in [0.1, 0.15) is 31.5 Å². The monoisotopic (exact) mass is 217 g/mol. The molecule has 0 unspecified atom stereocenters. The van der Waals surface area contributed by atoms with E-state index in [0.29, 0.717) is 11.6 Å². The van der Waals surface area contributed by atoms with Crippen molar-refractivity contribution in [1.29, 1.82) is 5.26 Å². The molecule has 0 spiro atoms. The molecule has 1 heterocycles. The van der Waals surface area contributed by atoms with Crippen LogP contribution in [0.15, 0.2) is 18.3 Å². The zero-order chi connectivity index (χ0) is 12.0. The van der Waals surface area contributed by atoms with Gasteiger partial charge in [0.25, 0.3) is 0 Å². The van der Waals surface area contributed by atoms with E-state index >= 15 is 0 Å². The summed E-state index contributed by atoms with van der Waals surface area (Å²) in [7, 11) is 2.08. The summed E-state index contributed by atoms with van der Waals surface area (Å²) in [4.78, 5) is 6.29. The summed E-state index contributed by atoms with van der Waals surface area (Å²) < 4.78 is 0. The van der Waals surface area contributed by atoms with E-state index in [0.717, 1.165) is 18.7 Å². The molecule has 0 saturated carbocycles. The summed E-state index contributed by atoms with van der Waals surface area (Å²) in [6.45, 7) is 6.29. The highest BCUT2D eigenvalue weighted by Gasteiger charge is 2.06. The van der Waals surface area contributed by atoms with E-state index in [1.54, 1.807) is 6.20 Å². The van der Waals surface area contributed by atoms with Crippen LogP contribution in [-0.2, 0) is 6.54 Å². The molecule has 3 nitrogen and oxygen atoms in total. The molecule has 0 bridgehead atoms. The first-order chi connectivity index (χ1) is 7.63. The highest BCUT2D eigenvalue weighted by atomic mass is 15.1. The third-order valence-corrected chi connectivity index (χ3v) is 2.53. The van der Waals surface area contributed by atoms with Crippen molar-refractivity contribution in [3.63, 3.8) is 0 Å². The SMILES string of the molecule is CC(C)CCN(C)Cc1cccnc1C#N. The lowest BCUT2D eigenvalue weighted by molar-refractivity contribution is 0.303. The van der Waals surface area contributed by atoms with E-state index in [1.165, 1.54) is 6.42 Å². The van der Waals surface area contributed by atoms with E-state index in [9.17, 15) is 0 Å². The van der Waals surface area contributed by atoms with Gasteiger partial charge >= 0.3 is 0 Å². The molecule has 16 heavy (non-hydrogen) atoms. The summed E-state index contributed by atoms with van der Waals surface area (Å²) >= 11 is 0. The van der Waals surface area contributed by atoms with Crippen LogP contribution in [0.2, 0.25) is 0 Å². The fourth-order valence-electron chi connectivity index (χ4n) is 1.52. The van der Waals surface area contributed by atoms with Crippen molar-refractivity contribution in [3.8, 4) is 6.07 Å². The highest BCUT2D eigenvalue weighted by Crippen LogP contribution is 2.08. The molecular weight excluding hydrogens is 198 g/mol. The van der Waals surface area contributed by atoms with Gasteiger partial charge in [-0.3, -0.25) is 0 Å². The first-order valence-electron chi connectivity index (χ1n) is 5.66. The maximum absolute atomic E-state index is 8.92. The molecule has 0 atom stereocenters. The quantitative estimate of drug-likeness (QED) is 0.760. The van der Waals surface area contributed by atoms with Crippen molar-refractivity contribution in [1.82, 2.24) is 9.88 Å². The predicted molar refractivity (Wildman–Crippen MR) is 64.7 cm³/mol. The molecule has 0 aliphatic heterocycles. The second-order valence-electron chi connectivity index (χ2n) is 4.54. The number of hydrogen-bond acceptors (Lipinski definition) is 3. The zero-order valence-electron chi connectivity index (χ0n) is 10.3. The molecule has 1 aromatic heterocycles. The van der Waals surface area contributed by atoms with Crippen molar-refractivity contribution in [2.75, 3.05) is 13.6 Å². The first-order valence-corrected chi connectivity index (χ1v) is 5.66. The molecule has 0 aliphatic rings. The minimum Gasteiger partial charge on any atom is -0.302 e. The smallest absolute Gasteiger partial charge is 0.144 e. The number of pyridine rings is 1. The van der Waals surface area contributed by atoms with Crippen LogP contribution in [0.3, 0.4) is 0 Å². The topological polar surface area (TPSA) is 39.9 Å². The van der Waals surface area contributed by atoms with Crippen LogP contribution in [0.4, 0.5) is 0 Å². The molecule has 86 valence electrons. The molecule has 0 aliphatic carbocycles. The van der Waals surface area contributed by atoms with E-state index in [-0.39, 0.29) is 0 Å². The third kappa shape index (κ3) is 4.00. The maximum Gasteiger partial charge on any atom is 0.144 e. The Balaban J connectivity index is 2.56. The molecule has 0 N–H and O–H groups in total. The van der Waals surface area contributed by atoms with Gasteiger partial charge in [-0.15, -0.1) is 0 Å². The van der Waals surface area contributed by atoms with Crippen molar-refractivity contribution in [3.05, 3.63) is 29.6 Å². The van der Waals surface area contributed by atoms with Gasteiger partial charge in [-0.1, -0.05) is 19.9 Å².